The van der Waals surface area contributed by atoms with Gasteiger partial charge in [0.25, 0.3) is 0 Å². The third kappa shape index (κ3) is 12.3. The minimum absolute atomic E-state index is 0.599. The fourth-order valence-electron chi connectivity index (χ4n) is 12.6. The smallest absolute Gasteiger partial charge is 0.135 e. The first-order chi connectivity index (χ1) is 47.6. The van der Waals surface area contributed by atoms with Crippen LogP contribution in [-0.4, -0.2) is 36.3 Å². The van der Waals surface area contributed by atoms with Crippen LogP contribution in [0.3, 0.4) is 0 Å². The Bertz CT molecular complexity index is 5510. The molecule has 458 valence electrons. The second-order valence-corrected chi connectivity index (χ2v) is 23.5. The van der Waals surface area contributed by atoms with Crippen LogP contribution in [0.25, 0.3) is 65.8 Å². The van der Waals surface area contributed by atoms with Crippen LogP contribution in [0, 0.1) is 91.8 Å². The Morgan fingerprint density at radius 3 is 0.711 bits per heavy atom. The molecule has 15 aromatic rings. The molecule has 15 rings (SSSR count). The molecule has 9 nitrogen and oxygen atoms in total. The summed E-state index contributed by atoms with van der Waals surface area (Å²) in [6.45, 7) is 6.14. The molecule has 0 saturated carbocycles. The molecular formula is C88H55N3O6. The molecule has 6 aromatic heterocycles. The van der Waals surface area contributed by atoms with Gasteiger partial charge in [-0.05, 0) is 219 Å². The second kappa shape index (κ2) is 25.9. The maximum atomic E-state index is 6.49. The number of hydrogen-bond donors (Lipinski definition) is 0. The number of pyridine rings is 3. The SMILES string of the molecule is COc1c(C)cc(C#Cc2ccc3oc4ccc(C#Cc5cccnc5)cc4c3c2)cc1C(c1cc(C#Cc2ccc3oc4ccc(C#Cc5cccnc5)cc4c3c2)cc(C)c1OC)c1cc(C#Cc2ccc3oc4ccc(C#Cc5cccnc5)cc4c3c2)cc(C)c1OC. The third-order valence-electron chi connectivity index (χ3n) is 17.0. The molecule has 0 atom stereocenters. The summed E-state index contributed by atoms with van der Waals surface area (Å²) in [4.78, 5) is 12.6. The predicted octanol–water partition coefficient (Wildman–Crippen LogP) is 18.1. The number of methoxy groups -OCH3 is 3. The van der Waals surface area contributed by atoms with Gasteiger partial charge in [-0.3, -0.25) is 15.0 Å². The van der Waals surface area contributed by atoms with Crippen molar-refractivity contribution >= 4 is 65.8 Å². The molecule has 0 aliphatic rings. The molecule has 9 heteroatoms. The second-order valence-electron chi connectivity index (χ2n) is 23.5. The van der Waals surface area contributed by atoms with Gasteiger partial charge in [-0.2, -0.15) is 0 Å². The quantitative estimate of drug-likeness (QED) is 0.119. The van der Waals surface area contributed by atoms with Crippen LogP contribution in [0.5, 0.6) is 17.2 Å². The van der Waals surface area contributed by atoms with Gasteiger partial charge in [0.15, 0.2) is 0 Å². The fourth-order valence-corrected chi connectivity index (χ4v) is 12.6. The number of rotatable bonds is 6. The number of nitrogens with zero attached hydrogens (tertiary/aromatic N) is 3. The molecule has 0 bridgehead atoms. The summed E-state index contributed by atoms with van der Waals surface area (Å²) in [5.41, 5.74) is 19.5. The third-order valence-corrected chi connectivity index (χ3v) is 17.0. The van der Waals surface area contributed by atoms with E-state index in [4.69, 9.17) is 27.5 Å². The molecule has 0 fully saturated rings. The van der Waals surface area contributed by atoms with Gasteiger partial charge in [0.2, 0.25) is 0 Å². The number of furan rings is 3. The number of benzene rings is 9. The lowest BCUT2D eigenvalue weighted by atomic mass is 9.80. The minimum atomic E-state index is -0.599. The number of ether oxygens (including phenoxy) is 3. The summed E-state index contributed by atoms with van der Waals surface area (Å²) >= 11 is 0. The Kier molecular flexibility index (Phi) is 16.0. The summed E-state index contributed by atoms with van der Waals surface area (Å²) < 4.78 is 38.4. The number of fused-ring (bicyclic) bond motifs is 9. The van der Waals surface area contributed by atoms with Crippen LogP contribution in [0.15, 0.2) is 232 Å². The Labute approximate surface area is 560 Å². The van der Waals surface area contributed by atoms with Gasteiger partial charge in [-0.1, -0.05) is 71.0 Å². The van der Waals surface area contributed by atoms with Gasteiger partial charge in [-0.15, -0.1) is 0 Å². The van der Waals surface area contributed by atoms with Gasteiger partial charge in [0, 0.05) is 159 Å². The van der Waals surface area contributed by atoms with E-state index in [2.05, 4.69) is 159 Å². The highest BCUT2D eigenvalue weighted by molar-refractivity contribution is 6.08. The van der Waals surface area contributed by atoms with Crippen molar-refractivity contribution in [3.8, 4) is 88.3 Å². The van der Waals surface area contributed by atoms with Crippen molar-refractivity contribution < 1.29 is 27.5 Å². The zero-order valence-electron chi connectivity index (χ0n) is 53.7. The Balaban J connectivity index is 0.850. The lowest BCUT2D eigenvalue weighted by Crippen LogP contribution is -2.12. The van der Waals surface area contributed by atoms with Crippen LogP contribution in [0.1, 0.15) is 106 Å². The van der Waals surface area contributed by atoms with Crippen molar-refractivity contribution in [1.29, 1.82) is 0 Å². The van der Waals surface area contributed by atoms with Crippen molar-refractivity contribution in [1.82, 2.24) is 15.0 Å². The molecule has 0 spiro atoms. The van der Waals surface area contributed by atoms with Gasteiger partial charge >= 0.3 is 0 Å². The van der Waals surface area contributed by atoms with Crippen LogP contribution >= 0.6 is 0 Å². The number of hydrogen-bond acceptors (Lipinski definition) is 9. The first kappa shape index (κ1) is 59.9. The average Bonchev–Trinajstić information content (AvgIpc) is 1.74. The molecule has 0 unspecified atom stereocenters. The largest absolute Gasteiger partial charge is 0.496 e. The van der Waals surface area contributed by atoms with E-state index in [-0.39, 0.29) is 0 Å². The zero-order valence-corrected chi connectivity index (χ0v) is 53.7. The monoisotopic (exact) mass is 1250 g/mol. The Morgan fingerprint density at radius 2 is 0.495 bits per heavy atom. The number of aromatic nitrogens is 3. The van der Waals surface area contributed by atoms with Gasteiger partial charge in [0.1, 0.15) is 50.7 Å². The van der Waals surface area contributed by atoms with E-state index in [1.54, 1.807) is 58.5 Å². The van der Waals surface area contributed by atoms with E-state index in [0.717, 1.165) is 166 Å². The molecule has 0 saturated heterocycles. The van der Waals surface area contributed by atoms with E-state index >= 15 is 0 Å². The summed E-state index contributed by atoms with van der Waals surface area (Å²) in [6.07, 6.45) is 10.5. The first-order valence-electron chi connectivity index (χ1n) is 31.4. The molecule has 0 radical (unpaired) electrons. The van der Waals surface area contributed by atoms with Crippen molar-refractivity contribution in [2.75, 3.05) is 21.3 Å². The summed E-state index contributed by atoms with van der Waals surface area (Å²) in [7, 11) is 5.12. The maximum Gasteiger partial charge on any atom is 0.135 e. The maximum absolute atomic E-state index is 6.49. The van der Waals surface area contributed by atoms with Crippen molar-refractivity contribution in [3.63, 3.8) is 0 Å². The lowest BCUT2D eigenvalue weighted by molar-refractivity contribution is 0.393. The van der Waals surface area contributed by atoms with Crippen molar-refractivity contribution in [2.45, 2.75) is 26.7 Å². The van der Waals surface area contributed by atoms with Gasteiger partial charge in [-0.25, -0.2) is 0 Å². The Morgan fingerprint density at radius 1 is 0.268 bits per heavy atom. The summed E-state index contributed by atoms with van der Waals surface area (Å²) in [5.74, 6) is 42.2. The fraction of sp³-hybridized carbons (Fsp3) is 0.0795. The van der Waals surface area contributed by atoms with Crippen molar-refractivity contribution in [3.05, 3.63) is 319 Å². The lowest BCUT2D eigenvalue weighted by Gasteiger charge is -2.27. The first-order valence-corrected chi connectivity index (χ1v) is 31.4. The highest BCUT2D eigenvalue weighted by atomic mass is 16.5. The normalized spacial score (nSPS) is 10.8. The highest BCUT2D eigenvalue weighted by Crippen LogP contribution is 2.48. The van der Waals surface area contributed by atoms with Gasteiger partial charge in [0.05, 0.1) is 21.3 Å². The molecule has 6 heterocycles. The highest BCUT2D eigenvalue weighted by Gasteiger charge is 2.30. The van der Waals surface area contributed by atoms with E-state index in [1.165, 1.54) is 0 Å². The van der Waals surface area contributed by atoms with Crippen LogP contribution in [0.4, 0.5) is 0 Å². The summed E-state index contributed by atoms with van der Waals surface area (Å²) in [5, 5.41) is 5.67. The van der Waals surface area contributed by atoms with E-state index in [9.17, 15) is 0 Å². The zero-order chi connectivity index (χ0) is 65.9. The minimum Gasteiger partial charge on any atom is -0.496 e. The van der Waals surface area contributed by atoms with E-state index in [0.29, 0.717) is 17.2 Å². The molecule has 0 amide bonds. The topological polar surface area (TPSA) is 106 Å². The summed E-state index contributed by atoms with van der Waals surface area (Å²) in [6, 6.07) is 60.1. The van der Waals surface area contributed by atoms with Crippen LogP contribution in [-0.2, 0) is 0 Å². The predicted molar refractivity (Wildman–Crippen MR) is 384 cm³/mol. The molecule has 0 N–H and O–H groups in total. The molecule has 97 heavy (non-hydrogen) atoms. The standard InChI is InChI=1S/C88H55N3O6/c1-55-40-67(22-16-61-28-34-82-73(46-61)70-43-58(25-31-79(70)95-82)13-19-64-10-7-37-89-52-64)49-76(86(55)92-4)85(77-50-68(41-56(2)87(77)93-5)23-17-62-29-35-83-74(47-62)71-44-59(26-32-80(71)96-83)14-20-65-11-8-38-90-53-65)78-51-69(42-57(3)88(78)94-6)24-18-63-30-36-84-75(48-63)72-45-60(27-33-81(72)97-84)15-21-66-12-9-39-91-54-66/h7-12,25-54,85H,1-6H3. The van der Waals surface area contributed by atoms with E-state index < -0.39 is 5.92 Å². The Hall–Kier alpha value is -13.4. The average molecular weight is 1250 g/mol. The number of aryl methyl sites for hydroxylation is 3. The van der Waals surface area contributed by atoms with Gasteiger partial charge < -0.3 is 27.5 Å². The molecular weight excluding hydrogens is 1190 g/mol. The van der Waals surface area contributed by atoms with Crippen molar-refractivity contribution in [2.24, 2.45) is 0 Å². The van der Waals surface area contributed by atoms with E-state index in [1.807, 2.05) is 130 Å². The molecule has 9 aromatic carbocycles. The van der Waals surface area contributed by atoms with Crippen LogP contribution < -0.4 is 14.2 Å². The molecule has 0 aliphatic heterocycles. The molecule has 0 aliphatic carbocycles. The van der Waals surface area contributed by atoms with Crippen LogP contribution in [0.2, 0.25) is 0 Å².